The first-order valence-corrected chi connectivity index (χ1v) is 6.67. The van der Waals surface area contributed by atoms with Crippen LogP contribution in [0.3, 0.4) is 0 Å². The number of hydrogen-bond acceptors (Lipinski definition) is 4. The summed E-state index contributed by atoms with van der Waals surface area (Å²) in [6.07, 6.45) is 1.45. The summed E-state index contributed by atoms with van der Waals surface area (Å²) in [5.74, 6) is -2.01. The molecule has 0 saturated heterocycles. The maximum absolute atomic E-state index is 11.6. The Morgan fingerprint density at radius 3 is 2.67 bits per heavy atom. The van der Waals surface area contributed by atoms with Crippen LogP contribution >= 0.6 is 0 Å². The quantitative estimate of drug-likeness (QED) is 0.587. The summed E-state index contributed by atoms with van der Waals surface area (Å²) in [6.45, 7) is -0.471. The second-order valence-corrected chi connectivity index (χ2v) is 5.27. The van der Waals surface area contributed by atoms with Gasteiger partial charge in [-0.25, -0.2) is 13.6 Å². The van der Waals surface area contributed by atoms with Gasteiger partial charge in [-0.3, -0.25) is 9.59 Å². The van der Waals surface area contributed by atoms with Gasteiger partial charge in [0.05, 0.1) is 5.75 Å². The predicted octanol–water partition coefficient (Wildman–Crippen LogP) is -1.41. The third-order valence-corrected chi connectivity index (χ3v) is 2.81. The van der Waals surface area contributed by atoms with Crippen molar-refractivity contribution in [1.82, 2.24) is 9.88 Å². The number of amides is 1. The van der Waals surface area contributed by atoms with Crippen LogP contribution in [0, 0.1) is 0 Å². The summed E-state index contributed by atoms with van der Waals surface area (Å²) in [5, 5.41) is 15.7. The molecule has 9 heteroatoms. The highest BCUT2D eigenvalue weighted by Crippen LogP contribution is 2.02. The molecule has 0 saturated carbocycles. The van der Waals surface area contributed by atoms with Gasteiger partial charge >= 0.3 is 5.97 Å². The van der Waals surface area contributed by atoms with Crippen LogP contribution in [-0.2, 0) is 21.4 Å². The van der Waals surface area contributed by atoms with E-state index in [0.29, 0.717) is 0 Å². The molecular formula is C9H13N3O5S. The van der Waals surface area contributed by atoms with Crippen LogP contribution in [0.15, 0.2) is 18.3 Å². The largest absolute Gasteiger partial charge is 0.480 e. The van der Waals surface area contributed by atoms with E-state index in [0.717, 1.165) is 0 Å². The number of nitrogens with two attached hydrogens (primary N) is 1. The fourth-order valence-corrected chi connectivity index (χ4v) is 1.69. The zero-order valence-corrected chi connectivity index (χ0v) is 10.2. The molecule has 1 aromatic heterocycles. The Hall–Kier alpha value is -1.87. The number of nitrogens with zero attached hydrogens (tertiary/aromatic N) is 1. The zero-order valence-electron chi connectivity index (χ0n) is 9.37. The number of sulfonamides is 1. The van der Waals surface area contributed by atoms with E-state index in [9.17, 15) is 18.0 Å². The van der Waals surface area contributed by atoms with Crippen molar-refractivity contribution in [2.45, 2.75) is 6.54 Å². The molecule has 1 heterocycles. The van der Waals surface area contributed by atoms with Gasteiger partial charge in [-0.2, -0.15) is 0 Å². The van der Waals surface area contributed by atoms with Gasteiger partial charge in [0.25, 0.3) is 5.91 Å². The summed E-state index contributed by atoms with van der Waals surface area (Å²) in [4.78, 5) is 22.2. The molecule has 100 valence electrons. The van der Waals surface area contributed by atoms with E-state index < -0.39 is 21.9 Å². The summed E-state index contributed by atoms with van der Waals surface area (Å²) < 4.78 is 22.6. The predicted molar refractivity (Wildman–Crippen MR) is 62.4 cm³/mol. The van der Waals surface area contributed by atoms with E-state index in [1.807, 2.05) is 0 Å². The number of carboxylic acid groups (broad SMARTS) is 1. The van der Waals surface area contributed by atoms with E-state index in [-0.39, 0.29) is 24.5 Å². The summed E-state index contributed by atoms with van der Waals surface area (Å²) in [5.41, 5.74) is 0.145. The smallest absolute Gasteiger partial charge is 0.323 e. The number of carbonyl (C=O) groups is 2. The summed E-state index contributed by atoms with van der Waals surface area (Å²) >= 11 is 0. The molecule has 1 rings (SSSR count). The lowest BCUT2D eigenvalue weighted by atomic mass is 10.4. The normalized spacial score (nSPS) is 11.2. The van der Waals surface area contributed by atoms with Crippen molar-refractivity contribution in [2.24, 2.45) is 5.14 Å². The van der Waals surface area contributed by atoms with Gasteiger partial charge in [0.1, 0.15) is 12.2 Å². The van der Waals surface area contributed by atoms with Crippen molar-refractivity contribution in [3.05, 3.63) is 24.0 Å². The van der Waals surface area contributed by atoms with E-state index >= 15 is 0 Å². The number of hydrogen-bond donors (Lipinski definition) is 3. The first-order chi connectivity index (χ1) is 8.29. The zero-order chi connectivity index (χ0) is 13.8. The third-order valence-electron chi connectivity index (χ3n) is 2.04. The van der Waals surface area contributed by atoms with Gasteiger partial charge in [-0.05, 0) is 12.1 Å². The Kier molecular flexibility index (Phi) is 4.45. The van der Waals surface area contributed by atoms with Gasteiger partial charge < -0.3 is 15.0 Å². The molecule has 0 spiro atoms. The van der Waals surface area contributed by atoms with Crippen LogP contribution in [-0.4, -0.2) is 42.3 Å². The van der Waals surface area contributed by atoms with E-state index in [1.54, 1.807) is 0 Å². The molecule has 0 atom stereocenters. The molecule has 4 N–H and O–H groups in total. The fourth-order valence-electron chi connectivity index (χ4n) is 1.30. The molecule has 8 nitrogen and oxygen atoms in total. The maximum atomic E-state index is 11.6. The molecule has 0 radical (unpaired) electrons. The van der Waals surface area contributed by atoms with Crippen LogP contribution in [0.5, 0.6) is 0 Å². The molecule has 1 aromatic rings. The molecule has 0 aliphatic carbocycles. The highest BCUT2D eigenvalue weighted by atomic mass is 32.2. The van der Waals surface area contributed by atoms with E-state index in [1.165, 1.54) is 22.9 Å². The minimum absolute atomic E-state index is 0.129. The number of rotatable bonds is 6. The Morgan fingerprint density at radius 1 is 1.44 bits per heavy atom. The molecule has 1 amide bonds. The van der Waals surface area contributed by atoms with E-state index in [2.05, 4.69) is 5.32 Å². The van der Waals surface area contributed by atoms with Gasteiger partial charge in [0.15, 0.2) is 0 Å². The van der Waals surface area contributed by atoms with Crippen molar-refractivity contribution in [1.29, 1.82) is 0 Å². The Balaban J connectivity index is 2.62. The average Bonchev–Trinajstić information content (AvgIpc) is 2.62. The van der Waals surface area contributed by atoms with E-state index in [4.69, 9.17) is 10.2 Å². The molecular weight excluding hydrogens is 262 g/mol. The second kappa shape index (κ2) is 5.65. The van der Waals surface area contributed by atoms with Crippen molar-refractivity contribution in [3.8, 4) is 0 Å². The molecule has 0 bridgehead atoms. The minimum atomic E-state index is -3.63. The molecule has 0 aromatic carbocycles. The maximum Gasteiger partial charge on any atom is 0.323 e. The van der Waals surface area contributed by atoms with Crippen molar-refractivity contribution in [3.63, 3.8) is 0 Å². The lowest BCUT2D eigenvalue weighted by Crippen LogP contribution is -2.32. The Morgan fingerprint density at radius 2 is 2.11 bits per heavy atom. The van der Waals surface area contributed by atoms with Crippen molar-refractivity contribution in [2.75, 3.05) is 12.3 Å². The SMILES string of the molecule is NS(=O)(=O)CCNC(=O)c1cccn1CC(=O)O. The lowest BCUT2D eigenvalue weighted by molar-refractivity contribution is -0.137. The monoisotopic (exact) mass is 275 g/mol. The van der Waals surface area contributed by atoms with Crippen molar-refractivity contribution < 1.29 is 23.1 Å². The van der Waals surface area contributed by atoms with Crippen LogP contribution in [0.2, 0.25) is 0 Å². The minimum Gasteiger partial charge on any atom is -0.480 e. The second-order valence-electron chi connectivity index (χ2n) is 3.54. The van der Waals surface area contributed by atoms with Crippen LogP contribution in [0.25, 0.3) is 0 Å². The highest BCUT2D eigenvalue weighted by Gasteiger charge is 2.13. The number of primary sulfonamides is 1. The lowest BCUT2D eigenvalue weighted by Gasteiger charge is -2.07. The average molecular weight is 275 g/mol. The fraction of sp³-hybridized carbons (Fsp3) is 0.333. The van der Waals surface area contributed by atoms with Crippen LogP contribution in [0.4, 0.5) is 0 Å². The Bertz CT molecular complexity index is 548. The van der Waals surface area contributed by atoms with Gasteiger partial charge in [-0.1, -0.05) is 0 Å². The van der Waals surface area contributed by atoms with Crippen molar-refractivity contribution >= 4 is 21.9 Å². The van der Waals surface area contributed by atoms with Gasteiger partial charge in [-0.15, -0.1) is 0 Å². The number of aromatic nitrogens is 1. The first-order valence-electron chi connectivity index (χ1n) is 4.95. The first kappa shape index (κ1) is 14.2. The standard InChI is InChI=1S/C9H13N3O5S/c10-18(16,17)5-3-11-9(15)7-2-1-4-12(7)6-8(13)14/h1-2,4H,3,5-6H2,(H,11,15)(H,13,14)(H2,10,16,17). The number of aliphatic carboxylic acids is 1. The molecule has 0 unspecified atom stereocenters. The van der Waals surface area contributed by atoms with Gasteiger partial charge in [0.2, 0.25) is 10.0 Å². The third kappa shape index (κ3) is 4.55. The molecule has 0 fully saturated rings. The van der Waals surface area contributed by atoms with Crippen LogP contribution < -0.4 is 10.5 Å². The topological polar surface area (TPSA) is 131 Å². The number of nitrogens with one attached hydrogen (secondary N) is 1. The highest BCUT2D eigenvalue weighted by molar-refractivity contribution is 7.89. The molecule has 18 heavy (non-hydrogen) atoms. The molecule has 0 aliphatic heterocycles. The summed E-state index contributed by atoms with van der Waals surface area (Å²) in [6, 6.07) is 2.97. The molecule has 0 aliphatic rings. The summed E-state index contributed by atoms with van der Waals surface area (Å²) in [7, 11) is -3.63. The number of carboxylic acids is 1. The van der Waals surface area contributed by atoms with Crippen LogP contribution in [0.1, 0.15) is 10.5 Å². The number of carbonyl (C=O) groups excluding carboxylic acids is 1. The van der Waals surface area contributed by atoms with Gasteiger partial charge in [0, 0.05) is 12.7 Å². The Labute approximate surface area is 103 Å².